The van der Waals surface area contributed by atoms with Crippen LogP contribution in [0, 0.1) is 0 Å². The SMILES string of the molecule is COc1ccc(Cc2cn3cc(Cl)ccc3n2)cc1. The number of methoxy groups -OCH3 is 1. The Bertz CT molecular complexity index is 704. The van der Waals surface area contributed by atoms with Crippen molar-refractivity contribution >= 4 is 17.2 Å². The highest BCUT2D eigenvalue weighted by Gasteiger charge is 2.03. The van der Waals surface area contributed by atoms with E-state index < -0.39 is 0 Å². The molecule has 2 heterocycles. The number of hydrogen-bond acceptors (Lipinski definition) is 2. The molecule has 0 aliphatic rings. The zero-order valence-corrected chi connectivity index (χ0v) is 11.3. The topological polar surface area (TPSA) is 26.5 Å². The summed E-state index contributed by atoms with van der Waals surface area (Å²) in [4.78, 5) is 4.56. The van der Waals surface area contributed by atoms with E-state index in [1.54, 1.807) is 7.11 Å². The smallest absolute Gasteiger partial charge is 0.137 e. The molecule has 0 aliphatic carbocycles. The number of ether oxygens (including phenoxy) is 1. The van der Waals surface area contributed by atoms with Gasteiger partial charge in [-0.05, 0) is 29.8 Å². The van der Waals surface area contributed by atoms with Crippen molar-refractivity contribution in [3.8, 4) is 5.75 Å². The Morgan fingerprint density at radius 2 is 1.89 bits per heavy atom. The average Bonchev–Trinajstić information content (AvgIpc) is 2.81. The number of aromatic nitrogens is 2. The minimum absolute atomic E-state index is 0.709. The number of halogens is 1. The van der Waals surface area contributed by atoms with Gasteiger partial charge in [0.15, 0.2) is 0 Å². The minimum Gasteiger partial charge on any atom is -0.497 e. The van der Waals surface area contributed by atoms with E-state index in [4.69, 9.17) is 16.3 Å². The summed E-state index contributed by atoms with van der Waals surface area (Å²) in [7, 11) is 1.67. The summed E-state index contributed by atoms with van der Waals surface area (Å²) in [6.45, 7) is 0. The molecular formula is C15H13ClN2O. The Morgan fingerprint density at radius 3 is 2.63 bits per heavy atom. The first-order valence-electron chi connectivity index (χ1n) is 6.01. The van der Waals surface area contributed by atoms with Gasteiger partial charge in [-0.1, -0.05) is 23.7 Å². The van der Waals surface area contributed by atoms with Crippen LogP contribution >= 0.6 is 11.6 Å². The first kappa shape index (κ1) is 12.1. The molecule has 0 radical (unpaired) electrons. The average molecular weight is 273 g/mol. The van der Waals surface area contributed by atoms with Crippen molar-refractivity contribution in [3.05, 3.63) is 65.1 Å². The Hall–Kier alpha value is -2.00. The van der Waals surface area contributed by atoms with Gasteiger partial charge in [0.05, 0.1) is 17.8 Å². The molecule has 0 N–H and O–H groups in total. The van der Waals surface area contributed by atoms with Crippen LogP contribution in [0.5, 0.6) is 5.75 Å². The number of hydrogen-bond donors (Lipinski definition) is 0. The lowest BCUT2D eigenvalue weighted by Crippen LogP contribution is -1.89. The van der Waals surface area contributed by atoms with Gasteiger partial charge in [-0.25, -0.2) is 4.98 Å². The van der Waals surface area contributed by atoms with E-state index in [0.29, 0.717) is 5.02 Å². The third kappa shape index (κ3) is 2.56. The number of fused-ring (bicyclic) bond motifs is 1. The Kier molecular flexibility index (Phi) is 3.13. The summed E-state index contributed by atoms with van der Waals surface area (Å²) < 4.78 is 7.09. The van der Waals surface area contributed by atoms with E-state index in [-0.39, 0.29) is 0 Å². The van der Waals surface area contributed by atoms with Crippen LogP contribution in [0.1, 0.15) is 11.3 Å². The van der Waals surface area contributed by atoms with Crippen LogP contribution in [-0.2, 0) is 6.42 Å². The molecule has 0 fully saturated rings. The normalized spacial score (nSPS) is 10.8. The first-order chi connectivity index (χ1) is 9.24. The Morgan fingerprint density at radius 1 is 1.11 bits per heavy atom. The molecule has 0 spiro atoms. The number of benzene rings is 1. The molecule has 0 unspecified atom stereocenters. The molecule has 0 saturated heterocycles. The lowest BCUT2D eigenvalue weighted by molar-refractivity contribution is 0.414. The summed E-state index contributed by atoms with van der Waals surface area (Å²) in [5.74, 6) is 0.866. The van der Waals surface area contributed by atoms with Gasteiger partial charge in [0.25, 0.3) is 0 Å². The zero-order chi connectivity index (χ0) is 13.2. The van der Waals surface area contributed by atoms with Crippen LogP contribution in [0.25, 0.3) is 5.65 Å². The van der Waals surface area contributed by atoms with Gasteiger partial charge in [0, 0.05) is 18.8 Å². The largest absolute Gasteiger partial charge is 0.497 e. The van der Waals surface area contributed by atoms with Gasteiger partial charge in [-0.2, -0.15) is 0 Å². The van der Waals surface area contributed by atoms with E-state index in [9.17, 15) is 0 Å². The molecule has 0 amide bonds. The van der Waals surface area contributed by atoms with Gasteiger partial charge in [-0.15, -0.1) is 0 Å². The van der Waals surface area contributed by atoms with Crippen molar-refractivity contribution in [3.63, 3.8) is 0 Å². The first-order valence-corrected chi connectivity index (χ1v) is 6.38. The minimum atomic E-state index is 0.709. The van der Waals surface area contributed by atoms with Crippen molar-refractivity contribution in [2.24, 2.45) is 0 Å². The molecule has 0 saturated carbocycles. The quantitative estimate of drug-likeness (QED) is 0.728. The molecule has 96 valence electrons. The fourth-order valence-electron chi connectivity index (χ4n) is 2.05. The molecular weight excluding hydrogens is 260 g/mol. The Labute approximate surface area is 116 Å². The van der Waals surface area contributed by atoms with Crippen LogP contribution in [0.4, 0.5) is 0 Å². The van der Waals surface area contributed by atoms with Crippen molar-refractivity contribution in [2.75, 3.05) is 7.11 Å². The number of rotatable bonds is 3. The van der Waals surface area contributed by atoms with Crippen molar-refractivity contribution in [2.45, 2.75) is 6.42 Å². The fraction of sp³-hybridized carbons (Fsp3) is 0.133. The lowest BCUT2D eigenvalue weighted by Gasteiger charge is -2.01. The van der Waals surface area contributed by atoms with Gasteiger partial charge >= 0.3 is 0 Å². The molecule has 2 aromatic heterocycles. The van der Waals surface area contributed by atoms with E-state index in [1.807, 2.05) is 41.1 Å². The number of nitrogens with zero attached hydrogens (tertiary/aromatic N) is 2. The fourth-order valence-corrected chi connectivity index (χ4v) is 2.22. The molecule has 3 nitrogen and oxygen atoms in total. The molecule has 0 atom stereocenters. The summed E-state index contributed by atoms with van der Waals surface area (Å²) in [5, 5.41) is 0.709. The molecule has 0 aliphatic heterocycles. The third-order valence-electron chi connectivity index (χ3n) is 3.01. The number of imidazole rings is 1. The molecule has 1 aromatic carbocycles. The maximum absolute atomic E-state index is 5.96. The number of pyridine rings is 1. The highest BCUT2D eigenvalue weighted by molar-refractivity contribution is 6.30. The van der Waals surface area contributed by atoms with Crippen molar-refractivity contribution in [1.82, 2.24) is 9.38 Å². The van der Waals surface area contributed by atoms with E-state index in [2.05, 4.69) is 17.1 Å². The van der Waals surface area contributed by atoms with Gasteiger partial charge in [-0.3, -0.25) is 0 Å². The summed E-state index contributed by atoms with van der Waals surface area (Å²) in [6, 6.07) is 11.8. The Balaban J connectivity index is 1.87. The maximum Gasteiger partial charge on any atom is 0.137 e. The van der Waals surface area contributed by atoms with Crippen molar-refractivity contribution in [1.29, 1.82) is 0 Å². The van der Waals surface area contributed by atoms with Crippen LogP contribution in [0.3, 0.4) is 0 Å². The summed E-state index contributed by atoms with van der Waals surface area (Å²) >= 11 is 5.96. The highest BCUT2D eigenvalue weighted by atomic mass is 35.5. The van der Waals surface area contributed by atoms with Crippen LogP contribution < -0.4 is 4.74 Å². The highest BCUT2D eigenvalue weighted by Crippen LogP contribution is 2.16. The second kappa shape index (κ2) is 4.94. The van der Waals surface area contributed by atoms with Gasteiger partial charge in [0.1, 0.15) is 11.4 Å². The monoisotopic (exact) mass is 272 g/mol. The third-order valence-corrected chi connectivity index (χ3v) is 3.23. The van der Waals surface area contributed by atoms with Gasteiger partial charge in [0.2, 0.25) is 0 Å². The molecule has 3 aromatic rings. The molecule has 4 heteroatoms. The molecule has 0 bridgehead atoms. The van der Waals surface area contributed by atoms with E-state index >= 15 is 0 Å². The molecule has 19 heavy (non-hydrogen) atoms. The predicted octanol–water partition coefficient (Wildman–Crippen LogP) is 3.59. The lowest BCUT2D eigenvalue weighted by atomic mass is 10.1. The standard InChI is InChI=1S/C15H13ClN2O/c1-19-14-5-2-11(3-6-14)8-13-10-18-9-12(16)4-7-15(18)17-13/h2-7,9-10H,8H2,1H3. The van der Waals surface area contributed by atoms with Crippen LogP contribution in [-0.4, -0.2) is 16.5 Å². The zero-order valence-electron chi connectivity index (χ0n) is 10.5. The summed E-state index contributed by atoms with van der Waals surface area (Å²) in [5.41, 5.74) is 3.13. The van der Waals surface area contributed by atoms with E-state index in [1.165, 1.54) is 5.56 Å². The van der Waals surface area contributed by atoms with E-state index in [0.717, 1.165) is 23.5 Å². The van der Waals surface area contributed by atoms with Crippen LogP contribution in [0.15, 0.2) is 48.8 Å². The predicted molar refractivity (Wildman–Crippen MR) is 76.0 cm³/mol. The second-order valence-electron chi connectivity index (χ2n) is 4.37. The maximum atomic E-state index is 5.96. The van der Waals surface area contributed by atoms with Crippen molar-refractivity contribution < 1.29 is 4.74 Å². The second-order valence-corrected chi connectivity index (χ2v) is 4.81. The van der Waals surface area contributed by atoms with Crippen LogP contribution in [0.2, 0.25) is 5.02 Å². The van der Waals surface area contributed by atoms with Gasteiger partial charge < -0.3 is 9.14 Å². The summed E-state index contributed by atoms with van der Waals surface area (Å²) in [6.07, 6.45) is 4.66. The molecule has 3 rings (SSSR count).